The molecule has 0 aliphatic carbocycles. The molecule has 1 aliphatic rings. The molecular formula is C21H23N3O2. The van der Waals surface area contributed by atoms with Crippen molar-refractivity contribution in [1.29, 1.82) is 0 Å². The van der Waals surface area contributed by atoms with Crippen LogP contribution in [-0.4, -0.2) is 41.0 Å². The number of nitrogens with one attached hydrogen (secondary N) is 1. The van der Waals surface area contributed by atoms with Gasteiger partial charge in [0.25, 0.3) is 5.91 Å². The summed E-state index contributed by atoms with van der Waals surface area (Å²) in [4.78, 5) is 22.5. The fourth-order valence-corrected chi connectivity index (χ4v) is 3.85. The lowest BCUT2D eigenvalue weighted by atomic mass is 9.89. The molecule has 1 saturated heterocycles. The SMILES string of the molecule is COc1cc(C)ccc1C(=O)N1CCC(c2c[nH]c3ncccc23)CC1. The molecule has 4 rings (SSSR count). The summed E-state index contributed by atoms with van der Waals surface area (Å²) < 4.78 is 5.41. The topological polar surface area (TPSA) is 58.2 Å². The van der Waals surface area contributed by atoms with E-state index in [0.717, 1.165) is 37.1 Å². The molecule has 1 fully saturated rings. The number of carbonyl (C=O) groups excluding carboxylic acids is 1. The lowest BCUT2D eigenvalue weighted by Crippen LogP contribution is -2.38. The Morgan fingerprint density at radius 2 is 2.08 bits per heavy atom. The molecule has 134 valence electrons. The summed E-state index contributed by atoms with van der Waals surface area (Å²) in [5.41, 5.74) is 3.98. The Morgan fingerprint density at radius 1 is 1.27 bits per heavy atom. The molecule has 0 bridgehead atoms. The molecule has 5 heteroatoms. The van der Waals surface area contributed by atoms with E-state index < -0.39 is 0 Å². The number of aryl methyl sites for hydroxylation is 1. The van der Waals surface area contributed by atoms with Gasteiger partial charge in [-0.05, 0) is 61.1 Å². The Balaban J connectivity index is 1.49. The number of aromatic amines is 1. The van der Waals surface area contributed by atoms with Gasteiger partial charge in [0.2, 0.25) is 0 Å². The van der Waals surface area contributed by atoms with Gasteiger partial charge in [0.1, 0.15) is 11.4 Å². The van der Waals surface area contributed by atoms with Crippen LogP contribution in [0.2, 0.25) is 0 Å². The summed E-state index contributed by atoms with van der Waals surface area (Å²) in [6, 6.07) is 9.83. The van der Waals surface area contributed by atoms with Crippen LogP contribution in [0.25, 0.3) is 11.0 Å². The number of hydrogen-bond acceptors (Lipinski definition) is 3. The minimum absolute atomic E-state index is 0.0564. The van der Waals surface area contributed by atoms with Gasteiger partial charge in [-0.25, -0.2) is 4.98 Å². The maximum atomic E-state index is 12.9. The van der Waals surface area contributed by atoms with Crippen molar-refractivity contribution in [1.82, 2.24) is 14.9 Å². The fraction of sp³-hybridized carbons (Fsp3) is 0.333. The van der Waals surface area contributed by atoms with Gasteiger partial charge in [0, 0.05) is 30.9 Å². The standard InChI is InChI=1S/C21H23N3O2/c1-14-5-6-17(19(12-14)26-2)21(25)24-10-7-15(8-11-24)18-13-23-20-16(18)4-3-9-22-20/h3-6,9,12-13,15H,7-8,10-11H2,1-2H3,(H,22,23). The number of methoxy groups -OCH3 is 1. The van der Waals surface area contributed by atoms with E-state index in [9.17, 15) is 4.79 Å². The smallest absolute Gasteiger partial charge is 0.257 e. The van der Waals surface area contributed by atoms with E-state index >= 15 is 0 Å². The fourth-order valence-electron chi connectivity index (χ4n) is 3.85. The van der Waals surface area contributed by atoms with Crippen LogP contribution >= 0.6 is 0 Å². The highest BCUT2D eigenvalue weighted by atomic mass is 16.5. The molecule has 1 amide bonds. The average molecular weight is 349 g/mol. The summed E-state index contributed by atoms with van der Waals surface area (Å²) in [5.74, 6) is 1.16. The highest BCUT2D eigenvalue weighted by molar-refractivity contribution is 5.97. The number of fused-ring (bicyclic) bond motifs is 1. The normalized spacial score (nSPS) is 15.4. The first kappa shape index (κ1) is 16.6. The van der Waals surface area contributed by atoms with Crippen LogP contribution in [0.3, 0.4) is 0 Å². The van der Waals surface area contributed by atoms with Crippen LogP contribution < -0.4 is 4.74 Å². The molecule has 5 nitrogen and oxygen atoms in total. The van der Waals surface area contributed by atoms with Crippen LogP contribution in [0, 0.1) is 6.92 Å². The summed E-state index contributed by atoms with van der Waals surface area (Å²) in [5, 5.41) is 1.19. The predicted molar refractivity (Wildman–Crippen MR) is 102 cm³/mol. The first-order valence-electron chi connectivity index (χ1n) is 9.03. The highest BCUT2D eigenvalue weighted by Crippen LogP contribution is 2.33. The number of ether oxygens (including phenoxy) is 1. The van der Waals surface area contributed by atoms with Gasteiger partial charge in [0.15, 0.2) is 0 Å². The van der Waals surface area contributed by atoms with Crippen molar-refractivity contribution in [2.75, 3.05) is 20.2 Å². The molecule has 0 radical (unpaired) electrons. The van der Waals surface area contributed by atoms with E-state index in [1.54, 1.807) is 13.3 Å². The van der Waals surface area contributed by atoms with E-state index in [0.29, 0.717) is 17.2 Å². The first-order valence-corrected chi connectivity index (χ1v) is 9.03. The number of aromatic nitrogens is 2. The van der Waals surface area contributed by atoms with Crippen molar-refractivity contribution in [2.45, 2.75) is 25.7 Å². The lowest BCUT2D eigenvalue weighted by molar-refractivity contribution is 0.0710. The van der Waals surface area contributed by atoms with E-state index in [1.165, 1.54) is 10.9 Å². The molecule has 1 aromatic carbocycles. The minimum atomic E-state index is 0.0564. The minimum Gasteiger partial charge on any atom is -0.496 e. The van der Waals surface area contributed by atoms with Crippen molar-refractivity contribution in [2.24, 2.45) is 0 Å². The second kappa shape index (κ2) is 6.83. The molecule has 0 saturated carbocycles. The van der Waals surface area contributed by atoms with Crippen LogP contribution in [0.15, 0.2) is 42.7 Å². The number of hydrogen-bond donors (Lipinski definition) is 1. The Labute approximate surface area is 153 Å². The van der Waals surface area contributed by atoms with Crippen LogP contribution in [0.4, 0.5) is 0 Å². The Kier molecular flexibility index (Phi) is 4.37. The van der Waals surface area contributed by atoms with E-state index in [1.807, 2.05) is 36.1 Å². The van der Waals surface area contributed by atoms with Crippen LogP contribution in [0.5, 0.6) is 5.75 Å². The maximum Gasteiger partial charge on any atom is 0.257 e. The molecule has 0 atom stereocenters. The number of piperidine rings is 1. The maximum absolute atomic E-state index is 12.9. The summed E-state index contributed by atoms with van der Waals surface area (Å²) in [7, 11) is 1.61. The number of H-pyrrole nitrogens is 1. The number of likely N-dealkylation sites (tertiary alicyclic amines) is 1. The van der Waals surface area contributed by atoms with E-state index in [4.69, 9.17) is 4.74 Å². The number of nitrogens with zero attached hydrogens (tertiary/aromatic N) is 2. The largest absolute Gasteiger partial charge is 0.496 e. The quantitative estimate of drug-likeness (QED) is 0.780. The molecular weight excluding hydrogens is 326 g/mol. The average Bonchev–Trinajstić information content (AvgIpc) is 3.11. The molecule has 0 spiro atoms. The highest BCUT2D eigenvalue weighted by Gasteiger charge is 2.27. The van der Waals surface area contributed by atoms with Crippen LogP contribution in [0.1, 0.15) is 40.2 Å². The summed E-state index contributed by atoms with van der Waals surface area (Å²) in [6.45, 7) is 3.51. The van der Waals surface area contributed by atoms with Gasteiger partial charge in [-0.3, -0.25) is 4.79 Å². The van der Waals surface area contributed by atoms with Crippen molar-refractivity contribution >= 4 is 16.9 Å². The molecule has 1 N–H and O–H groups in total. The third-order valence-corrected chi connectivity index (χ3v) is 5.29. The summed E-state index contributed by atoms with van der Waals surface area (Å²) in [6.07, 6.45) is 5.80. The van der Waals surface area contributed by atoms with Gasteiger partial charge in [0.05, 0.1) is 12.7 Å². The van der Waals surface area contributed by atoms with Crippen molar-refractivity contribution < 1.29 is 9.53 Å². The molecule has 1 aliphatic heterocycles. The summed E-state index contributed by atoms with van der Waals surface area (Å²) >= 11 is 0. The zero-order valence-corrected chi connectivity index (χ0v) is 15.2. The number of benzene rings is 1. The molecule has 3 heterocycles. The van der Waals surface area contributed by atoms with E-state index in [-0.39, 0.29) is 5.91 Å². The third kappa shape index (κ3) is 2.94. The van der Waals surface area contributed by atoms with Crippen molar-refractivity contribution in [3.63, 3.8) is 0 Å². The van der Waals surface area contributed by atoms with E-state index in [2.05, 4.69) is 22.2 Å². The second-order valence-electron chi connectivity index (χ2n) is 6.91. The second-order valence-corrected chi connectivity index (χ2v) is 6.91. The monoisotopic (exact) mass is 349 g/mol. The zero-order valence-electron chi connectivity index (χ0n) is 15.2. The Hall–Kier alpha value is -2.82. The van der Waals surface area contributed by atoms with Crippen molar-refractivity contribution in [3.05, 3.63) is 59.4 Å². The molecule has 3 aromatic rings. The third-order valence-electron chi connectivity index (χ3n) is 5.29. The number of carbonyl (C=O) groups is 1. The first-order chi connectivity index (χ1) is 12.7. The predicted octanol–water partition coefficient (Wildman–Crippen LogP) is 3.90. The zero-order chi connectivity index (χ0) is 18.1. The van der Waals surface area contributed by atoms with Crippen molar-refractivity contribution in [3.8, 4) is 5.75 Å². The molecule has 26 heavy (non-hydrogen) atoms. The molecule has 0 unspecified atom stereocenters. The van der Waals surface area contributed by atoms with Crippen LogP contribution in [-0.2, 0) is 0 Å². The van der Waals surface area contributed by atoms with Gasteiger partial charge >= 0.3 is 0 Å². The lowest BCUT2D eigenvalue weighted by Gasteiger charge is -2.32. The molecule has 2 aromatic heterocycles. The Bertz CT molecular complexity index is 939. The number of pyridine rings is 1. The van der Waals surface area contributed by atoms with Gasteiger partial charge in [-0.2, -0.15) is 0 Å². The Morgan fingerprint density at radius 3 is 2.85 bits per heavy atom. The van der Waals surface area contributed by atoms with Gasteiger partial charge in [-0.15, -0.1) is 0 Å². The number of amides is 1. The van der Waals surface area contributed by atoms with Gasteiger partial charge < -0.3 is 14.6 Å². The number of rotatable bonds is 3. The van der Waals surface area contributed by atoms with Gasteiger partial charge in [-0.1, -0.05) is 6.07 Å².